The van der Waals surface area contributed by atoms with Gasteiger partial charge >= 0.3 is 0 Å². The van der Waals surface area contributed by atoms with Gasteiger partial charge in [0, 0.05) is 6.54 Å². The highest BCUT2D eigenvalue weighted by Gasteiger charge is 2.17. The van der Waals surface area contributed by atoms with E-state index in [9.17, 15) is 9.18 Å². The highest BCUT2D eigenvalue weighted by Crippen LogP contribution is 2.25. The van der Waals surface area contributed by atoms with E-state index in [1.807, 2.05) is 54.6 Å². The van der Waals surface area contributed by atoms with Gasteiger partial charge in [-0.2, -0.15) is 0 Å². The molecule has 0 aromatic heterocycles. The minimum atomic E-state index is -0.435. The molecule has 0 saturated heterocycles. The third-order valence-electron chi connectivity index (χ3n) is 5.10. The van der Waals surface area contributed by atoms with Gasteiger partial charge in [0.05, 0.1) is 19.7 Å². The fraction of sp³-hybridized carbons (Fsp3) is 0.269. The number of amides is 1. The van der Waals surface area contributed by atoms with Crippen molar-refractivity contribution >= 4 is 5.91 Å². The Morgan fingerprint density at radius 1 is 0.969 bits per heavy atom. The molecule has 0 unspecified atom stereocenters. The number of rotatable bonds is 11. The number of carbonyl (C=O) groups excluding carboxylic acids is 1. The second-order valence-corrected chi connectivity index (χ2v) is 7.33. The maximum Gasteiger partial charge on any atom is 0.234 e. The second kappa shape index (κ2) is 11.9. The molecule has 32 heavy (non-hydrogen) atoms. The number of nitrogens with one attached hydrogen (secondary N) is 2. The number of hydrogen-bond donors (Lipinski definition) is 2. The molecule has 0 spiro atoms. The third-order valence-corrected chi connectivity index (χ3v) is 5.10. The average molecular weight is 437 g/mol. The second-order valence-electron chi connectivity index (χ2n) is 7.33. The van der Waals surface area contributed by atoms with Crippen molar-refractivity contribution in [3.8, 4) is 11.5 Å². The summed E-state index contributed by atoms with van der Waals surface area (Å²) in [5.74, 6) is 0.801. The van der Waals surface area contributed by atoms with Crippen LogP contribution in [0.5, 0.6) is 11.5 Å². The number of para-hydroxylation sites is 2. The van der Waals surface area contributed by atoms with Crippen LogP contribution in [0.25, 0.3) is 0 Å². The molecule has 0 aliphatic heterocycles. The third kappa shape index (κ3) is 6.56. The number of aryl methyl sites for hydroxylation is 1. The van der Waals surface area contributed by atoms with Gasteiger partial charge in [-0.05, 0) is 47.4 Å². The predicted octanol–water partition coefficient (Wildman–Crippen LogP) is 4.27. The zero-order valence-corrected chi connectivity index (χ0v) is 18.4. The van der Waals surface area contributed by atoms with Crippen LogP contribution < -0.4 is 20.1 Å². The van der Waals surface area contributed by atoms with Crippen molar-refractivity contribution in [2.24, 2.45) is 0 Å². The number of ether oxygens (including phenoxy) is 2. The first-order chi connectivity index (χ1) is 15.6. The van der Waals surface area contributed by atoms with Gasteiger partial charge in [-0.15, -0.1) is 0 Å². The Hall–Kier alpha value is -3.38. The summed E-state index contributed by atoms with van der Waals surface area (Å²) in [5, 5.41) is 6.09. The van der Waals surface area contributed by atoms with Gasteiger partial charge in [-0.1, -0.05) is 55.5 Å². The molecule has 2 N–H and O–H groups in total. The van der Waals surface area contributed by atoms with Crippen LogP contribution in [0.4, 0.5) is 4.39 Å². The Labute approximate surface area is 188 Å². The van der Waals surface area contributed by atoms with Crippen molar-refractivity contribution in [2.75, 3.05) is 26.8 Å². The summed E-state index contributed by atoms with van der Waals surface area (Å²) in [4.78, 5) is 12.6. The minimum Gasteiger partial charge on any atom is -0.493 e. The molecule has 168 valence electrons. The Balaban J connectivity index is 1.56. The van der Waals surface area contributed by atoms with Crippen LogP contribution in [0.15, 0.2) is 72.8 Å². The molecule has 3 aromatic rings. The van der Waals surface area contributed by atoms with Crippen LogP contribution >= 0.6 is 0 Å². The first-order valence-corrected chi connectivity index (χ1v) is 10.7. The molecule has 1 atom stereocenters. The Bertz CT molecular complexity index is 1010. The molecular weight excluding hydrogens is 407 g/mol. The number of benzene rings is 3. The highest BCUT2D eigenvalue weighted by molar-refractivity contribution is 5.79. The van der Waals surface area contributed by atoms with Crippen LogP contribution in [-0.4, -0.2) is 32.7 Å². The van der Waals surface area contributed by atoms with Gasteiger partial charge in [0.15, 0.2) is 11.5 Å². The van der Waals surface area contributed by atoms with E-state index in [1.165, 1.54) is 17.7 Å². The topological polar surface area (TPSA) is 59.6 Å². The van der Waals surface area contributed by atoms with Crippen molar-refractivity contribution in [1.82, 2.24) is 10.6 Å². The van der Waals surface area contributed by atoms with Crippen LogP contribution in [0.1, 0.15) is 29.7 Å². The Morgan fingerprint density at radius 2 is 1.72 bits per heavy atom. The first-order valence-electron chi connectivity index (χ1n) is 10.7. The molecule has 6 heteroatoms. The van der Waals surface area contributed by atoms with Crippen molar-refractivity contribution in [1.29, 1.82) is 0 Å². The highest BCUT2D eigenvalue weighted by atomic mass is 19.1. The lowest BCUT2D eigenvalue weighted by Gasteiger charge is -2.20. The van der Waals surface area contributed by atoms with Crippen molar-refractivity contribution in [3.05, 3.63) is 95.3 Å². The summed E-state index contributed by atoms with van der Waals surface area (Å²) in [6.45, 7) is 3.08. The average Bonchev–Trinajstić information content (AvgIpc) is 2.82. The lowest BCUT2D eigenvalue weighted by atomic mass is 9.97. The Kier molecular flexibility index (Phi) is 8.63. The molecule has 0 bridgehead atoms. The van der Waals surface area contributed by atoms with Gasteiger partial charge in [0.2, 0.25) is 5.91 Å². The van der Waals surface area contributed by atoms with Crippen LogP contribution in [-0.2, 0) is 11.2 Å². The van der Waals surface area contributed by atoms with E-state index in [0.717, 1.165) is 12.0 Å². The first kappa shape index (κ1) is 23.3. The maximum atomic E-state index is 13.8. The predicted molar refractivity (Wildman–Crippen MR) is 124 cm³/mol. The van der Waals surface area contributed by atoms with E-state index in [-0.39, 0.29) is 18.3 Å². The van der Waals surface area contributed by atoms with Gasteiger partial charge < -0.3 is 20.1 Å². The largest absolute Gasteiger partial charge is 0.493 e. The molecule has 0 aliphatic carbocycles. The van der Waals surface area contributed by atoms with Crippen LogP contribution in [0.2, 0.25) is 0 Å². The number of carbonyl (C=O) groups is 1. The molecule has 3 rings (SSSR count). The maximum absolute atomic E-state index is 13.8. The smallest absolute Gasteiger partial charge is 0.234 e. The fourth-order valence-corrected chi connectivity index (χ4v) is 3.38. The van der Waals surface area contributed by atoms with Crippen molar-refractivity contribution in [2.45, 2.75) is 19.4 Å². The van der Waals surface area contributed by atoms with E-state index < -0.39 is 6.04 Å². The van der Waals surface area contributed by atoms with Gasteiger partial charge in [-0.25, -0.2) is 4.39 Å². The quantitative estimate of drug-likeness (QED) is 0.441. The van der Waals surface area contributed by atoms with Gasteiger partial charge in [0.1, 0.15) is 12.4 Å². The van der Waals surface area contributed by atoms with Gasteiger partial charge in [0.25, 0.3) is 0 Å². The van der Waals surface area contributed by atoms with Crippen molar-refractivity contribution < 1.29 is 18.7 Å². The zero-order chi connectivity index (χ0) is 22.8. The number of methoxy groups -OCH3 is 1. The normalized spacial score (nSPS) is 11.6. The number of halogens is 1. The summed E-state index contributed by atoms with van der Waals surface area (Å²) >= 11 is 0. The lowest BCUT2D eigenvalue weighted by Crippen LogP contribution is -2.38. The molecule has 0 heterocycles. The monoisotopic (exact) mass is 436 g/mol. The van der Waals surface area contributed by atoms with Crippen LogP contribution in [0.3, 0.4) is 0 Å². The Morgan fingerprint density at radius 3 is 2.41 bits per heavy atom. The van der Waals surface area contributed by atoms with E-state index in [2.05, 4.69) is 17.6 Å². The minimum absolute atomic E-state index is 0.119. The number of hydrogen-bond acceptors (Lipinski definition) is 4. The molecular formula is C26H29FN2O3. The van der Waals surface area contributed by atoms with Crippen LogP contribution in [0, 0.1) is 5.82 Å². The molecule has 0 fully saturated rings. The van der Waals surface area contributed by atoms with E-state index >= 15 is 0 Å². The standard InChI is InChI=1S/C26H29FN2O3/c1-3-19-11-13-20(14-12-19)26(21-7-6-8-22(27)17-21)29-25(30)18-28-15-16-32-24-10-5-4-9-23(24)31-2/h4-14,17,26,28H,3,15-16,18H2,1-2H3,(H,29,30)/t26-/m0/s1. The molecule has 1 amide bonds. The van der Waals surface area contributed by atoms with Crippen molar-refractivity contribution in [3.63, 3.8) is 0 Å². The van der Waals surface area contributed by atoms with E-state index in [1.54, 1.807) is 13.2 Å². The molecule has 0 radical (unpaired) electrons. The summed E-state index contributed by atoms with van der Waals surface area (Å²) in [5.41, 5.74) is 2.80. The van der Waals surface area contributed by atoms with Gasteiger partial charge in [-0.3, -0.25) is 4.79 Å². The van der Waals surface area contributed by atoms with E-state index in [4.69, 9.17) is 9.47 Å². The molecule has 5 nitrogen and oxygen atoms in total. The lowest BCUT2D eigenvalue weighted by molar-refractivity contribution is -0.120. The SMILES string of the molecule is CCc1ccc([C@H](NC(=O)CNCCOc2ccccc2OC)c2cccc(F)c2)cc1. The molecule has 3 aromatic carbocycles. The molecule has 0 aliphatic rings. The summed E-state index contributed by atoms with van der Waals surface area (Å²) in [6, 6.07) is 21.3. The summed E-state index contributed by atoms with van der Waals surface area (Å²) in [7, 11) is 1.59. The summed E-state index contributed by atoms with van der Waals surface area (Å²) < 4.78 is 24.8. The fourth-order valence-electron chi connectivity index (χ4n) is 3.38. The summed E-state index contributed by atoms with van der Waals surface area (Å²) in [6.07, 6.45) is 0.929. The zero-order valence-electron chi connectivity index (χ0n) is 18.4. The van der Waals surface area contributed by atoms with E-state index in [0.29, 0.717) is 30.2 Å². The molecule has 0 saturated carbocycles.